The zero-order valence-electron chi connectivity index (χ0n) is 16.5. The van der Waals surface area contributed by atoms with Gasteiger partial charge in [-0.2, -0.15) is 5.10 Å². The summed E-state index contributed by atoms with van der Waals surface area (Å²) in [4.78, 5) is 19.5. The zero-order chi connectivity index (χ0) is 19.2. The third kappa shape index (κ3) is 5.34. The number of carbonyl (C=O) groups excluding carboxylic acids is 1. The highest BCUT2D eigenvalue weighted by atomic mass is 35.5. The summed E-state index contributed by atoms with van der Waals surface area (Å²) >= 11 is 0. The predicted octanol–water partition coefficient (Wildman–Crippen LogP) is 3.45. The Hall–Kier alpha value is -2.44. The van der Waals surface area contributed by atoms with E-state index in [9.17, 15) is 4.79 Å². The van der Waals surface area contributed by atoms with Gasteiger partial charge in [0.15, 0.2) is 0 Å². The molecule has 2 heterocycles. The highest BCUT2D eigenvalue weighted by molar-refractivity contribution is 6.03. The number of nitrogens with zero attached hydrogens (tertiary/aromatic N) is 3. The Morgan fingerprint density at radius 3 is 2.79 bits per heavy atom. The number of halogens is 1. The van der Waals surface area contributed by atoms with Crippen LogP contribution in [0.5, 0.6) is 5.75 Å². The van der Waals surface area contributed by atoms with Gasteiger partial charge in [0.25, 0.3) is 5.91 Å². The standard InChI is InChI=1S/C22H26N4O2.ClH/c27-22(25-24-19-10-5-7-17-8-6-12-23-21(17)19)18-9-1-2-11-20(18)28-16-15-26-13-3-4-14-26;/h1-2,6,8-9,11-12H,3-5,7,10,13-16H2,(H,25,27);1H/b24-19+;. The zero-order valence-corrected chi connectivity index (χ0v) is 17.3. The molecule has 6 nitrogen and oxygen atoms in total. The lowest BCUT2D eigenvalue weighted by Crippen LogP contribution is -2.26. The molecule has 1 N–H and O–H groups in total. The quantitative estimate of drug-likeness (QED) is 0.735. The molecular weight excluding hydrogens is 388 g/mol. The fourth-order valence-electron chi connectivity index (χ4n) is 3.82. The van der Waals surface area contributed by atoms with Crippen molar-refractivity contribution < 1.29 is 9.53 Å². The smallest absolute Gasteiger partial charge is 0.275 e. The molecule has 1 saturated heterocycles. The average molecular weight is 415 g/mol. The van der Waals surface area contributed by atoms with Crippen molar-refractivity contribution >= 4 is 24.0 Å². The number of carbonyl (C=O) groups is 1. The number of aromatic nitrogens is 1. The molecule has 0 atom stereocenters. The number of rotatable bonds is 6. The van der Waals surface area contributed by atoms with Crippen LogP contribution >= 0.6 is 12.4 Å². The van der Waals surface area contributed by atoms with Crippen LogP contribution in [0.4, 0.5) is 0 Å². The monoisotopic (exact) mass is 414 g/mol. The van der Waals surface area contributed by atoms with Gasteiger partial charge in [0.05, 0.1) is 17.0 Å². The SMILES string of the molecule is Cl.O=C(N/N=C1\CCCc2cccnc21)c1ccccc1OCCN1CCCC1. The number of pyridine rings is 1. The largest absolute Gasteiger partial charge is 0.491 e. The first-order valence-corrected chi connectivity index (χ1v) is 10.1. The van der Waals surface area contributed by atoms with E-state index in [4.69, 9.17) is 4.74 Å². The van der Waals surface area contributed by atoms with E-state index in [1.807, 2.05) is 24.3 Å². The van der Waals surface area contributed by atoms with Gasteiger partial charge in [-0.05, 0) is 69.0 Å². The molecule has 1 aliphatic carbocycles. The molecule has 4 rings (SSSR count). The summed E-state index contributed by atoms with van der Waals surface area (Å²) in [6.07, 6.45) is 7.13. The van der Waals surface area contributed by atoms with Crippen LogP contribution in [-0.4, -0.2) is 47.7 Å². The second-order valence-corrected chi connectivity index (χ2v) is 7.26. The number of aryl methyl sites for hydroxylation is 1. The summed E-state index contributed by atoms with van der Waals surface area (Å²) in [6.45, 7) is 3.74. The average Bonchev–Trinajstić information content (AvgIpc) is 3.26. The molecule has 1 fully saturated rings. The van der Waals surface area contributed by atoms with E-state index in [0.29, 0.717) is 17.9 Å². The minimum absolute atomic E-state index is 0. The summed E-state index contributed by atoms with van der Waals surface area (Å²) in [5.74, 6) is 0.342. The van der Waals surface area contributed by atoms with Crippen molar-refractivity contribution in [3.05, 3.63) is 59.4 Å². The van der Waals surface area contributed by atoms with Crippen molar-refractivity contribution in [1.82, 2.24) is 15.3 Å². The third-order valence-corrected chi connectivity index (χ3v) is 5.31. The Morgan fingerprint density at radius 2 is 1.93 bits per heavy atom. The number of hydrogen-bond donors (Lipinski definition) is 1. The maximum Gasteiger partial charge on any atom is 0.275 e. The molecule has 0 radical (unpaired) electrons. The lowest BCUT2D eigenvalue weighted by molar-refractivity contribution is 0.0950. The van der Waals surface area contributed by atoms with E-state index < -0.39 is 0 Å². The van der Waals surface area contributed by atoms with Gasteiger partial charge in [0.1, 0.15) is 12.4 Å². The van der Waals surface area contributed by atoms with Crippen molar-refractivity contribution in [2.45, 2.75) is 32.1 Å². The lowest BCUT2D eigenvalue weighted by Gasteiger charge is -2.17. The summed E-state index contributed by atoms with van der Waals surface area (Å²) in [5.41, 5.74) is 6.12. The molecule has 29 heavy (non-hydrogen) atoms. The Balaban J connectivity index is 0.00000240. The predicted molar refractivity (Wildman–Crippen MR) is 116 cm³/mol. The lowest BCUT2D eigenvalue weighted by atomic mass is 9.95. The molecule has 1 aromatic heterocycles. The van der Waals surface area contributed by atoms with E-state index in [0.717, 1.165) is 50.3 Å². The number of likely N-dealkylation sites (tertiary alicyclic amines) is 1. The van der Waals surface area contributed by atoms with E-state index in [2.05, 4.69) is 26.5 Å². The molecule has 7 heteroatoms. The van der Waals surface area contributed by atoms with Crippen LogP contribution in [0.3, 0.4) is 0 Å². The maximum atomic E-state index is 12.7. The number of benzene rings is 1. The topological polar surface area (TPSA) is 66.8 Å². The highest BCUT2D eigenvalue weighted by Gasteiger charge is 2.18. The van der Waals surface area contributed by atoms with E-state index in [1.54, 1.807) is 12.3 Å². The van der Waals surface area contributed by atoms with Crippen molar-refractivity contribution in [1.29, 1.82) is 0 Å². The Labute approximate surface area is 177 Å². The highest BCUT2D eigenvalue weighted by Crippen LogP contribution is 2.20. The van der Waals surface area contributed by atoms with Crippen LogP contribution in [0, 0.1) is 0 Å². The molecule has 0 spiro atoms. The number of amides is 1. The number of nitrogens with one attached hydrogen (secondary N) is 1. The van der Waals surface area contributed by atoms with Gasteiger partial charge < -0.3 is 4.74 Å². The van der Waals surface area contributed by atoms with Crippen molar-refractivity contribution in [3.63, 3.8) is 0 Å². The molecule has 0 bridgehead atoms. The first kappa shape index (κ1) is 21.3. The number of ether oxygens (including phenoxy) is 1. The molecule has 154 valence electrons. The number of hydrazone groups is 1. The summed E-state index contributed by atoms with van der Waals surface area (Å²) in [6, 6.07) is 11.3. The summed E-state index contributed by atoms with van der Waals surface area (Å²) in [5, 5.41) is 4.38. The first-order valence-electron chi connectivity index (χ1n) is 10.1. The fourth-order valence-corrected chi connectivity index (χ4v) is 3.82. The van der Waals surface area contributed by atoms with E-state index in [-0.39, 0.29) is 18.3 Å². The van der Waals surface area contributed by atoms with E-state index >= 15 is 0 Å². The van der Waals surface area contributed by atoms with Crippen molar-refractivity contribution in [3.8, 4) is 5.75 Å². The second-order valence-electron chi connectivity index (χ2n) is 7.26. The Bertz CT molecular complexity index is 865. The van der Waals surface area contributed by atoms with Crippen molar-refractivity contribution in [2.24, 2.45) is 5.10 Å². The first-order chi connectivity index (χ1) is 13.8. The van der Waals surface area contributed by atoms with Gasteiger partial charge in [0.2, 0.25) is 0 Å². The van der Waals surface area contributed by atoms with Crippen LogP contribution < -0.4 is 10.2 Å². The Kier molecular flexibility index (Phi) is 7.61. The molecule has 0 saturated carbocycles. The molecule has 1 aromatic carbocycles. The number of hydrogen-bond acceptors (Lipinski definition) is 5. The van der Waals surface area contributed by atoms with Gasteiger partial charge in [-0.1, -0.05) is 18.2 Å². The second kappa shape index (κ2) is 10.4. The molecule has 2 aromatic rings. The van der Waals surface area contributed by atoms with Crippen LogP contribution in [0.1, 0.15) is 47.3 Å². The van der Waals surface area contributed by atoms with Gasteiger partial charge >= 0.3 is 0 Å². The number of para-hydroxylation sites is 1. The molecular formula is C22H27ClN4O2. The van der Waals surface area contributed by atoms with Crippen molar-refractivity contribution in [2.75, 3.05) is 26.2 Å². The number of fused-ring (bicyclic) bond motifs is 1. The molecule has 0 unspecified atom stereocenters. The Morgan fingerprint density at radius 1 is 1.10 bits per heavy atom. The maximum absolute atomic E-state index is 12.7. The minimum atomic E-state index is -0.257. The fraction of sp³-hybridized carbons (Fsp3) is 0.409. The van der Waals surface area contributed by atoms with Crippen LogP contribution in [-0.2, 0) is 6.42 Å². The van der Waals surface area contributed by atoms with Gasteiger partial charge in [-0.3, -0.25) is 14.7 Å². The van der Waals surface area contributed by atoms with Crippen LogP contribution in [0.2, 0.25) is 0 Å². The van der Waals surface area contributed by atoms with Crippen LogP contribution in [0.25, 0.3) is 0 Å². The molecule has 1 amide bonds. The minimum Gasteiger partial charge on any atom is -0.491 e. The van der Waals surface area contributed by atoms with Crippen LogP contribution in [0.15, 0.2) is 47.7 Å². The third-order valence-electron chi connectivity index (χ3n) is 5.31. The molecule has 2 aliphatic rings. The summed E-state index contributed by atoms with van der Waals surface area (Å²) < 4.78 is 5.90. The van der Waals surface area contributed by atoms with Gasteiger partial charge in [0, 0.05) is 12.7 Å². The molecule has 1 aliphatic heterocycles. The van der Waals surface area contributed by atoms with E-state index in [1.165, 1.54) is 18.4 Å². The normalized spacial score (nSPS) is 17.4. The van der Waals surface area contributed by atoms with Gasteiger partial charge in [-0.25, -0.2) is 5.43 Å². The van der Waals surface area contributed by atoms with Gasteiger partial charge in [-0.15, -0.1) is 12.4 Å². The summed E-state index contributed by atoms with van der Waals surface area (Å²) in [7, 11) is 0.